The van der Waals surface area contributed by atoms with Gasteiger partial charge in [-0.15, -0.1) is 0 Å². The quantitative estimate of drug-likeness (QED) is 0.893. The van der Waals surface area contributed by atoms with Gasteiger partial charge in [0.05, 0.1) is 7.11 Å². The SMILES string of the molecule is COc1ccc(N(C)CCC2CC3CCC(C2)N3)cc1. The number of hydrogen-bond acceptors (Lipinski definition) is 3. The lowest BCUT2D eigenvalue weighted by Gasteiger charge is -2.30. The summed E-state index contributed by atoms with van der Waals surface area (Å²) in [5.74, 6) is 1.84. The molecule has 2 saturated heterocycles. The first-order valence-corrected chi connectivity index (χ1v) is 7.86. The van der Waals surface area contributed by atoms with Crippen molar-refractivity contribution in [1.82, 2.24) is 5.32 Å². The topological polar surface area (TPSA) is 24.5 Å². The Balaban J connectivity index is 1.49. The maximum absolute atomic E-state index is 5.21. The van der Waals surface area contributed by atoms with Crippen LogP contribution in [0.2, 0.25) is 0 Å². The maximum atomic E-state index is 5.21. The number of benzene rings is 1. The third-order valence-electron chi connectivity index (χ3n) is 4.96. The number of nitrogens with zero attached hydrogens (tertiary/aromatic N) is 1. The molecular formula is C17H26N2O. The molecule has 2 fully saturated rings. The summed E-state index contributed by atoms with van der Waals surface area (Å²) >= 11 is 0. The zero-order valence-corrected chi connectivity index (χ0v) is 12.6. The second-order valence-electron chi connectivity index (χ2n) is 6.38. The highest BCUT2D eigenvalue weighted by atomic mass is 16.5. The molecule has 1 aromatic rings. The van der Waals surface area contributed by atoms with E-state index in [0.29, 0.717) is 0 Å². The van der Waals surface area contributed by atoms with Crippen molar-refractivity contribution in [1.29, 1.82) is 0 Å². The summed E-state index contributed by atoms with van der Waals surface area (Å²) in [7, 11) is 3.90. The number of nitrogens with one attached hydrogen (secondary N) is 1. The van der Waals surface area contributed by atoms with Gasteiger partial charge in [-0.1, -0.05) is 0 Å². The molecule has 0 aliphatic carbocycles. The fourth-order valence-corrected chi connectivity index (χ4v) is 3.75. The van der Waals surface area contributed by atoms with E-state index in [1.807, 2.05) is 12.1 Å². The van der Waals surface area contributed by atoms with Crippen LogP contribution in [0.3, 0.4) is 0 Å². The Kier molecular flexibility index (Phi) is 4.16. The number of rotatable bonds is 5. The first-order valence-electron chi connectivity index (χ1n) is 7.86. The van der Waals surface area contributed by atoms with Crippen LogP contribution in [-0.2, 0) is 0 Å². The van der Waals surface area contributed by atoms with Crippen molar-refractivity contribution in [3.63, 3.8) is 0 Å². The summed E-state index contributed by atoms with van der Waals surface area (Å²) in [4.78, 5) is 2.36. The smallest absolute Gasteiger partial charge is 0.119 e. The number of hydrogen-bond donors (Lipinski definition) is 1. The summed E-state index contributed by atoms with van der Waals surface area (Å²) in [6, 6.07) is 9.98. The van der Waals surface area contributed by atoms with Crippen LogP contribution < -0.4 is 15.0 Å². The second-order valence-corrected chi connectivity index (χ2v) is 6.38. The summed E-state index contributed by atoms with van der Waals surface area (Å²) < 4.78 is 5.21. The summed E-state index contributed by atoms with van der Waals surface area (Å²) in [5.41, 5.74) is 1.28. The molecule has 2 aliphatic heterocycles. The molecule has 3 nitrogen and oxygen atoms in total. The monoisotopic (exact) mass is 274 g/mol. The van der Waals surface area contributed by atoms with Crippen molar-refractivity contribution in [3.05, 3.63) is 24.3 Å². The highest BCUT2D eigenvalue weighted by molar-refractivity contribution is 5.48. The molecule has 2 atom stereocenters. The molecule has 3 heteroatoms. The van der Waals surface area contributed by atoms with Crippen molar-refractivity contribution < 1.29 is 4.74 Å². The molecule has 0 radical (unpaired) electrons. The van der Waals surface area contributed by atoms with Gasteiger partial charge in [-0.2, -0.15) is 0 Å². The van der Waals surface area contributed by atoms with Crippen LogP contribution in [0, 0.1) is 5.92 Å². The number of fused-ring (bicyclic) bond motifs is 2. The largest absolute Gasteiger partial charge is 0.497 e. The molecule has 1 N–H and O–H groups in total. The average Bonchev–Trinajstić information content (AvgIpc) is 2.83. The van der Waals surface area contributed by atoms with Gasteiger partial charge in [-0.25, -0.2) is 0 Å². The molecule has 2 heterocycles. The number of piperidine rings is 1. The molecule has 0 amide bonds. The first-order chi connectivity index (χ1) is 9.74. The molecule has 2 bridgehead atoms. The predicted octanol–water partition coefficient (Wildman–Crippen LogP) is 3.05. The lowest BCUT2D eigenvalue weighted by molar-refractivity contribution is 0.288. The summed E-state index contributed by atoms with van der Waals surface area (Å²) in [6.45, 7) is 1.15. The molecule has 3 rings (SSSR count). The van der Waals surface area contributed by atoms with Gasteiger partial charge in [-0.3, -0.25) is 0 Å². The van der Waals surface area contributed by atoms with Crippen LogP contribution >= 0.6 is 0 Å². The maximum Gasteiger partial charge on any atom is 0.119 e. The molecule has 1 aromatic carbocycles. The van der Waals surface area contributed by atoms with Crippen molar-refractivity contribution in [3.8, 4) is 5.75 Å². The van der Waals surface area contributed by atoms with Gasteiger partial charge in [-0.05, 0) is 62.3 Å². The van der Waals surface area contributed by atoms with Gasteiger partial charge in [0.25, 0.3) is 0 Å². The minimum absolute atomic E-state index is 0.810. The van der Waals surface area contributed by atoms with E-state index in [2.05, 4.69) is 29.4 Å². The van der Waals surface area contributed by atoms with Gasteiger partial charge >= 0.3 is 0 Å². The third kappa shape index (κ3) is 3.09. The highest BCUT2D eigenvalue weighted by Gasteiger charge is 2.33. The second kappa shape index (κ2) is 6.04. The fraction of sp³-hybridized carbons (Fsp3) is 0.647. The van der Waals surface area contributed by atoms with E-state index < -0.39 is 0 Å². The van der Waals surface area contributed by atoms with Crippen molar-refractivity contribution in [2.75, 3.05) is 25.6 Å². The third-order valence-corrected chi connectivity index (χ3v) is 4.96. The summed E-state index contributed by atoms with van der Waals surface area (Å²) in [5, 5.41) is 3.72. The predicted molar refractivity (Wildman–Crippen MR) is 83.6 cm³/mol. The van der Waals surface area contributed by atoms with Crippen LogP contribution in [0.1, 0.15) is 32.1 Å². The van der Waals surface area contributed by atoms with E-state index in [1.165, 1.54) is 37.8 Å². The lowest BCUT2D eigenvalue weighted by Crippen LogP contribution is -2.38. The molecule has 0 spiro atoms. The molecular weight excluding hydrogens is 248 g/mol. The van der Waals surface area contributed by atoms with Crippen molar-refractivity contribution in [2.24, 2.45) is 5.92 Å². The Bertz CT molecular complexity index is 419. The average molecular weight is 274 g/mol. The Morgan fingerprint density at radius 3 is 2.40 bits per heavy atom. The Morgan fingerprint density at radius 2 is 1.80 bits per heavy atom. The Morgan fingerprint density at radius 1 is 1.15 bits per heavy atom. The van der Waals surface area contributed by atoms with Crippen LogP contribution in [0.4, 0.5) is 5.69 Å². The van der Waals surface area contributed by atoms with E-state index in [1.54, 1.807) is 7.11 Å². The number of anilines is 1. The standard InChI is InChI=1S/C17H26N2O/c1-19(16-5-7-17(20-2)8-6-16)10-9-13-11-14-3-4-15(12-13)18-14/h5-8,13-15,18H,3-4,9-12H2,1-2H3. The zero-order chi connectivity index (χ0) is 13.9. The fourth-order valence-electron chi connectivity index (χ4n) is 3.75. The molecule has 2 unspecified atom stereocenters. The van der Waals surface area contributed by atoms with Gasteiger partial charge in [0.15, 0.2) is 0 Å². The number of ether oxygens (including phenoxy) is 1. The van der Waals surface area contributed by atoms with Gasteiger partial charge in [0.1, 0.15) is 5.75 Å². The van der Waals surface area contributed by atoms with E-state index in [9.17, 15) is 0 Å². The van der Waals surface area contributed by atoms with E-state index in [4.69, 9.17) is 4.74 Å². The van der Waals surface area contributed by atoms with Crippen molar-refractivity contribution in [2.45, 2.75) is 44.2 Å². The Hall–Kier alpha value is -1.22. The van der Waals surface area contributed by atoms with E-state index in [0.717, 1.165) is 30.3 Å². The molecule has 20 heavy (non-hydrogen) atoms. The minimum atomic E-state index is 0.810. The van der Waals surface area contributed by atoms with Gasteiger partial charge in [0, 0.05) is 31.4 Å². The molecule has 0 saturated carbocycles. The number of methoxy groups -OCH3 is 1. The first kappa shape index (κ1) is 13.7. The molecule has 110 valence electrons. The summed E-state index contributed by atoms with van der Waals surface area (Å²) in [6.07, 6.45) is 6.88. The van der Waals surface area contributed by atoms with E-state index in [-0.39, 0.29) is 0 Å². The minimum Gasteiger partial charge on any atom is -0.497 e. The Labute approximate surface area is 122 Å². The van der Waals surface area contributed by atoms with Crippen LogP contribution in [-0.4, -0.2) is 32.8 Å². The van der Waals surface area contributed by atoms with Crippen LogP contribution in [0.15, 0.2) is 24.3 Å². The van der Waals surface area contributed by atoms with Crippen LogP contribution in [0.5, 0.6) is 5.75 Å². The van der Waals surface area contributed by atoms with Gasteiger partial charge < -0.3 is 15.0 Å². The highest BCUT2D eigenvalue weighted by Crippen LogP contribution is 2.33. The normalized spacial score (nSPS) is 28.4. The molecule has 2 aliphatic rings. The van der Waals surface area contributed by atoms with Gasteiger partial charge in [0.2, 0.25) is 0 Å². The molecule has 0 aromatic heterocycles. The van der Waals surface area contributed by atoms with Crippen molar-refractivity contribution >= 4 is 5.69 Å². The zero-order valence-electron chi connectivity index (χ0n) is 12.6. The van der Waals surface area contributed by atoms with Crippen LogP contribution in [0.25, 0.3) is 0 Å². The van der Waals surface area contributed by atoms with E-state index >= 15 is 0 Å². The lowest BCUT2D eigenvalue weighted by atomic mass is 9.89.